The third kappa shape index (κ3) is 3.88. The van der Waals surface area contributed by atoms with Crippen LogP contribution >= 0.6 is 0 Å². The summed E-state index contributed by atoms with van der Waals surface area (Å²) in [5.74, 6) is -7.93. The van der Waals surface area contributed by atoms with Gasteiger partial charge >= 0.3 is 23.3 Å². The molecule has 0 bridgehead atoms. The number of aliphatic carboxylic acids is 1. The first kappa shape index (κ1) is 20.8. The number of hydrogen-bond donors (Lipinski definition) is 4. The molecule has 6 nitrogen and oxygen atoms in total. The SMILES string of the molecule is Nc1cc(S(=O)C(F)(F)C(F)(F)C(F)(F)F)cc(N)c1NCC(=O)O. The average molecular weight is 397 g/mol. The predicted octanol–water partition coefficient (Wildman–Crippen LogP) is 2.25. The molecule has 0 aliphatic heterocycles. The van der Waals surface area contributed by atoms with Gasteiger partial charge in [-0.2, -0.15) is 30.7 Å². The third-order valence-electron chi connectivity index (χ3n) is 2.76. The molecule has 0 spiro atoms. The molecule has 6 N–H and O–H groups in total. The Morgan fingerprint density at radius 3 is 1.88 bits per heavy atom. The van der Waals surface area contributed by atoms with Crippen LogP contribution in [0.25, 0.3) is 0 Å². The summed E-state index contributed by atoms with van der Waals surface area (Å²) in [6.45, 7) is -0.709. The van der Waals surface area contributed by atoms with E-state index in [0.717, 1.165) is 0 Å². The van der Waals surface area contributed by atoms with E-state index in [1.807, 2.05) is 0 Å². The summed E-state index contributed by atoms with van der Waals surface area (Å²) in [5, 5.41) is 4.67. The van der Waals surface area contributed by atoms with Crippen molar-refractivity contribution in [3.05, 3.63) is 12.1 Å². The number of rotatable bonds is 6. The number of hydrogen-bond acceptors (Lipinski definition) is 5. The topological polar surface area (TPSA) is 118 Å². The number of carboxylic acids is 1. The molecule has 1 unspecified atom stereocenters. The highest BCUT2D eigenvalue weighted by atomic mass is 32.2. The molecular formula is C11H10F7N3O3S. The van der Waals surface area contributed by atoms with Crippen LogP contribution in [0.3, 0.4) is 0 Å². The fraction of sp³-hybridized carbons (Fsp3) is 0.364. The van der Waals surface area contributed by atoms with Crippen LogP contribution < -0.4 is 16.8 Å². The maximum absolute atomic E-state index is 13.4. The molecule has 0 saturated heterocycles. The Labute approximate surface area is 137 Å². The number of alkyl halides is 7. The largest absolute Gasteiger partial charge is 0.480 e. The van der Waals surface area contributed by atoms with E-state index in [1.165, 1.54) is 0 Å². The Morgan fingerprint density at radius 1 is 1.08 bits per heavy atom. The van der Waals surface area contributed by atoms with Crippen LogP contribution in [0.15, 0.2) is 17.0 Å². The van der Waals surface area contributed by atoms with Crippen LogP contribution in [0.5, 0.6) is 0 Å². The van der Waals surface area contributed by atoms with Gasteiger partial charge in [-0.1, -0.05) is 0 Å². The molecule has 0 amide bonds. The zero-order valence-electron chi connectivity index (χ0n) is 11.8. The summed E-state index contributed by atoms with van der Waals surface area (Å²) in [7, 11) is -4.16. The molecule has 1 atom stereocenters. The minimum Gasteiger partial charge on any atom is -0.480 e. The van der Waals surface area contributed by atoms with Crippen molar-refractivity contribution >= 4 is 33.8 Å². The Balaban J connectivity index is 3.29. The summed E-state index contributed by atoms with van der Waals surface area (Å²) in [6, 6.07) is 0.855. The number of nitrogens with one attached hydrogen (secondary N) is 1. The summed E-state index contributed by atoms with van der Waals surface area (Å²) in [4.78, 5) is 9.23. The second kappa shape index (κ2) is 6.57. The molecule has 1 rings (SSSR count). The summed E-state index contributed by atoms with van der Waals surface area (Å²) in [5.41, 5.74) is 9.28. The maximum atomic E-state index is 13.4. The van der Waals surface area contributed by atoms with E-state index in [1.54, 1.807) is 0 Å². The van der Waals surface area contributed by atoms with Gasteiger partial charge in [0.05, 0.1) is 17.1 Å². The van der Waals surface area contributed by atoms with Crippen LogP contribution in [0, 0.1) is 0 Å². The van der Waals surface area contributed by atoms with Crippen molar-refractivity contribution in [2.75, 3.05) is 23.3 Å². The van der Waals surface area contributed by atoms with Gasteiger partial charge in [0.2, 0.25) is 0 Å². The smallest absolute Gasteiger partial charge is 0.461 e. The zero-order valence-corrected chi connectivity index (χ0v) is 12.7. The van der Waals surface area contributed by atoms with Crippen molar-refractivity contribution in [1.29, 1.82) is 0 Å². The molecule has 14 heteroatoms. The lowest BCUT2D eigenvalue weighted by Crippen LogP contribution is -2.54. The Hall–Kier alpha value is -2.25. The highest BCUT2D eigenvalue weighted by molar-refractivity contribution is 7.86. The molecule has 25 heavy (non-hydrogen) atoms. The number of carboxylic acid groups (broad SMARTS) is 1. The lowest BCUT2D eigenvalue weighted by Gasteiger charge is -2.27. The van der Waals surface area contributed by atoms with Gasteiger partial charge in [-0.05, 0) is 12.1 Å². The quantitative estimate of drug-likeness (QED) is 0.432. The van der Waals surface area contributed by atoms with Crippen LogP contribution in [0.2, 0.25) is 0 Å². The molecule has 0 fully saturated rings. The minimum atomic E-state index is -6.65. The highest BCUT2D eigenvalue weighted by Gasteiger charge is 2.76. The van der Waals surface area contributed by atoms with Gasteiger partial charge in [-0.15, -0.1) is 0 Å². The number of nitrogens with two attached hydrogens (primary N) is 2. The second-order valence-corrected chi connectivity index (χ2v) is 6.10. The molecule has 0 aromatic heterocycles. The van der Waals surface area contributed by atoms with Gasteiger partial charge in [-0.25, -0.2) is 4.21 Å². The van der Waals surface area contributed by atoms with Crippen molar-refractivity contribution in [2.45, 2.75) is 22.2 Å². The van der Waals surface area contributed by atoms with E-state index in [0.29, 0.717) is 12.1 Å². The van der Waals surface area contributed by atoms with E-state index in [-0.39, 0.29) is 5.69 Å². The molecule has 0 aliphatic carbocycles. The molecule has 0 aliphatic rings. The lowest BCUT2D eigenvalue weighted by atomic mass is 10.2. The van der Waals surface area contributed by atoms with Gasteiger partial charge in [0, 0.05) is 4.90 Å². The zero-order chi connectivity index (χ0) is 19.8. The number of benzene rings is 1. The monoisotopic (exact) mass is 397 g/mol. The molecule has 0 saturated carbocycles. The number of nitrogen functional groups attached to an aromatic ring is 2. The van der Waals surface area contributed by atoms with Gasteiger partial charge < -0.3 is 21.9 Å². The molecule has 1 aromatic rings. The minimum absolute atomic E-state index is 0.297. The van der Waals surface area contributed by atoms with Crippen LogP contribution in [-0.4, -0.2) is 39.2 Å². The van der Waals surface area contributed by atoms with Crippen molar-refractivity contribution < 1.29 is 44.8 Å². The standard InChI is InChI=1S/C11H10F7N3O3S/c12-9(13,10(14,15)16)11(17,18)25(24)4-1-5(19)8(6(20)2-4)21-3-7(22)23/h1-2,21H,3,19-20H2,(H,22,23). The fourth-order valence-electron chi connectivity index (χ4n) is 1.56. The average Bonchev–Trinajstić information content (AvgIpc) is 2.43. The van der Waals surface area contributed by atoms with Gasteiger partial charge in [0.1, 0.15) is 17.3 Å². The maximum Gasteiger partial charge on any atom is 0.461 e. The first-order valence-corrected chi connectivity index (χ1v) is 7.16. The first-order valence-electron chi connectivity index (χ1n) is 6.01. The fourth-order valence-corrected chi connectivity index (χ4v) is 2.68. The number of carbonyl (C=O) groups is 1. The van der Waals surface area contributed by atoms with E-state index < -0.39 is 56.9 Å². The molecule has 0 heterocycles. The summed E-state index contributed by atoms with van der Waals surface area (Å²) >= 11 is 0. The van der Waals surface area contributed by atoms with Gasteiger partial charge in [-0.3, -0.25) is 4.79 Å². The van der Waals surface area contributed by atoms with Crippen molar-refractivity contribution in [2.24, 2.45) is 0 Å². The first-order chi connectivity index (χ1) is 11.1. The van der Waals surface area contributed by atoms with Gasteiger partial charge in [0.15, 0.2) is 0 Å². The summed E-state index contributed by atoms with van der Waals surface area (Å²) in [6.07, 6.45) is -6.65. The Morgan fingerprint density at radius 2 is 1.52 bits per heavy atom. The van der Waals surface area contributed by atoms with E-state index in [9.17, 15) is 39.7 Å². The molecular weight excluding hydrogens is 387 g/mol. The summed E-state index contributed by atoms with van der Waals surface area (Å²) < 4.78 is 101. The number of halogens is 7. The molecule has 142 valence electrons. The van der Waals surface area contributed by atoms with Crippen LogP contribution in [0.4, 0.5) is 47.8 Å². The van der Waals surface area contributed by atoms with Gasteiger partial charge in [0.25, 0.3) is 0 Å². The normalized spacial score (nSPS) is 14.2. The third-order valence-corrected chi connectivity index (χ3v) is 4.14. The highest BCUT2D eigenvalue weighted by Crippen LogP contribution is 2.49. The van der Waals surface area contributed by atoms with E-state index in [2.05, 4.69) is 5.32 Å². The second-order valence-electron chi connectivity index (χ2n) is 4.58. The van der Waals surface area contributed by atoms with Crippen molar-refractivity contribution in [1.82, 2.24) is 0 Å². The predicted molar refractivity (Wildman–Crippen MR) is 73.7 cm³/mol. The Bertz CT molecular complexity index is 686. The lowest BCUT2D eigenvalue weighted by molar-refractivity contribution is -0.331. The molecule has 0 radical (unpaired) electrons. The van der Waals surface area contributed by atoms with Crippen molar-refractivity contribution in [3.63, 3.8) is 0 Å². The van der Waals surface area contributed by atoms with Crippen LogP contribution in [0.1, 0.15) is 0 Å². The number of anilines is 3. The molecule has 1 aromatic carbocycles. The van der Waals surface area contributed by atoms with Crippen LogP contribution in [-0.2, 0) is 15.6 Å². The van der Waals surface area contributed by atoms with E-state index in [4.69, 9.17) is 16.6 Å². The van der Waals surface area contributed by atoms with E-state index >= 15 is 0 Å². The van der Waals surface area contributed by atoms with Crippen molar-refractivity contribution in [3.8, 4) is 0 Å². The Kier molecular flexibility index (Phi) is 5.47.